The summed E-state index contributed by atoms with van der Waals surface area (Å²) in [5, 5.41) is 9.43. The molecule has 0 aromatic heterocycles. The van der Waals surface area contributed by atoms with Gasteiger partial charge in [0.15, 0.2) is 0 Å². The molecule has 0 radical (unpaired) electrons. The van der Waals surface area contributed by atoms with Gasteiger partial charge in [0.25, 0.3) is 10.0 Å². The van der Waals surface area contributed by atoms with Crippen LogP contribution in [-0.4, -0.2) is 20.6 Å². The van der Waals surface area contributed by atoms with Crippen LogP contribution in [0.25, 0.3) is 0 Å². The molecule has 7 heteroatoms. The number of anilines is 1. The van der Waals surface area contributed by atoms with Crippen LogP contribution in [0.2, 0.25) is 5.02 Å². The number of phenolic OH excluding ortho intramolecular Hbond substituents is 1. The first-order valence-electron chi connectivity index (χ1n) is 5.58. The van der Waals surface area contributed by atoms with Crippen LogP contribution in [0.15, 0.2) is 47.4 Å². The number of methoxy groups -OCH3 is 1. The van der Waals surface area contributed by atoms with Gasteiger partial charge in [0.1, 0.15) is 11.5 Å². The Kier molecular flexibility index (Phi) is 4.06. The molecule has 0 atom stereocenters. The zero-order chi connectivity index (χ0) is 14.8. The highest BCUT2D eigenvalue weighted by atomic mass is 35.5. The summed E-state index contributed by atoms with van der Waals surface area (Å²) in [5.41, 5.74) is 0.221. The molecule has 0 spiro atoms. The van der Waals surface area contributed by atoms with E-state index in [4.69, 9.17) is 16.3 Å². The molecule has 0 aliphatic rings. The van der Waals surface area contributed by atoms with Crippen molar-refractivity contribution in [1.82, 2.24) is 0 Å². The van der Waals surface area contributed by atoms with Gasteiger partial charge in [-0.1, -0.05) is 11.6 Å². The number of benzene rings is 2. The van der Waals surface area contributed by atoms with Crippen molar-refractivity contribution in [3.8, 4) is 11.5 Å². The first-order valence-corrected chi connectivity index (χ1v) is 7.44. The summed E-state index contributed by atoms with van der Waals surface area (Å²) < 4.78 is 31.7. The van der Waals surface area contributed by atoms with Gasteiger partial charge in [0.05, 0.1) is 22.7 Å². The average molecular weight is 314 g/mol. The minimum atomic E-state index is -3.78. The van der Waals surface area contributed by atoms with Crippen LogP contribution in [0.4, 0.5) is 5.69 Å². The van der Waals surface area contributed by atoms with Crippen molar-refractivity contribution in [3.05, 3.63) is 47.5 Å². The van der Waals surface area contributed by atoms with Gasteiger partial charge in [-0.05, 0) is 36.4 Å². The Morgan fingerprint density at radius 1 is 1.15 bits per heavy atom. The van der Waals surface area contributed by atoms with Crippen LogP contribution in [-0.2, 0) is 10.0 Å². The zero-order valence-electron chi connectivity index (χ0n) is 10.5. The van der Waals surface area contributed by atoms with Crippen molar-refractivity contribution in [2.24, 2.45) is 0 Å². The van der Waals surface area contributed by atoms with Crippen LogP contribution in [0.3, 0.4) is 0 Å². The van der Waals surface area contributed by atoms with E-state index >= 15 is 0 Å². The number of phenols is 1. The molecule has 5 nitrogen and oxygen atoms in total. The van der Waals surface area contributed by atoms with E-state index in [-0.39, 0.29) is 21.4 Å². The van der Waals surface area contributed by atoms with E-state index in [0.29, 0.717) is 5.75 Å². The van der Waals surface area contributed by atoms with Crippen LogP contribution in [0, 0.1) is 0 Å². The first kappa shape index (κ1) is 14.5. The van der Waals surface area contributed by atoms with E-state index in [1.165, 1.54) is 43.5 Å². The number of halogens is 1. The molecule has 0 heterocycles. The molecule has 0 unspecified atom stereocenters. The fraction of sp³-hybridized carbons (Fsp3) is 0.0769. The van der Waals surface area contributed by atoms with Gasteiger partial charge in [0, 0.05) is 6.07 Å². The third-order valence-corrected chi connectivity index (χ3v) is 4.28. The van der Waals surface area contributed by atoms with Gasteiger partial charge in [-0.3, -0.25) is 4.72 Å². The molecule has 0 fully saturated rings. The maximum Gasteiger partial charge on any atom is 0.261 e. The van der Waals surface area contributed by atoms with Gasteiger partial charge in [0.2, 0.25) is 0 Å². The molecule has 0 saturated carbocycles. The summed E-state index contributed by atoms with van der Waals surface area (Å²) in [6.45, 7) is 0. The van der Waals surface area contributed by atoms with Gasteiger partial charge < -0.3 is 9.84 Å². The molecule has 0 aliphatic carbocycles. The van der Waals surface area contributed by atoms with Crippen molar-refractivity contribution in [1.29, 1.82) is 0 Å². The molecule has 20 heavy (non-hydrogen) atoms. The summed E-state index contributed by atoms with van der Waals surface area (Å²) in [5.74, 6) is 0.473. The Morgan fingerprint density at radius 2 is 1.80 bits per heavy atom. The minimum Gasteiger partial charge on any atom is -0.508 e. The standard InChI is InChI=1S/C13H12ClNO4S/c1-19-10-4-7-12(14)13(8-10)15-20(17,18)11-5-2-9(16)3-6-11/h2-8,15-16H,1H3. The lowest BCUT2D eigenvalue weighted by Gasteiger charge is -2.11. The Morgan fingerprint density at radius 3 is 2.40 bits per heavy atom. The number of rotatable bonds is 4. The quantitative estimate of drug-likeness (QED) is 0.910. The van der Waals surface area contributed by atoms with Crippen molar-refractivity contribution in [2.75, 3.05) is 11.8 Å². The largest absolute Gasteiger partial charge is 0.508 e. The van der Waals surface area contributed by atoms with Crippen LogP contribution >= 0.6 is 11.6 Å². The van der Waals surface area contributed by atoms with E-state index in [1.54, 1.807) is 6.07 Å². The molecule has 106 valence electrons. The van der Waals surface area contributed by atoms with E-state index in [0.717, 1.165) is 0 Å². The van der Waals surface area contributed by atoms with Gasteiger partial charge in [-0.25, -0.2) is 8.42 Å². The summed E-state index contributed by atoms with van der Waals surface area (Å²) in [7, 11) is -2.30. The van der Waals surface area contributed by atoms with Crippen molar-refractivity contribution in [2.45, 2.75) is 4.90 Å². The Hall–Kier alpha value is -1.92. The number of hydrogen-bond donors (Lipinski definition) is 2. The van der Waals surface area contributed by atoms with Crippen molar-refractivity contribution < 1.29 is 18.3 Å². The van der Waals surface area contributed by atoms with Crippen molar-refractivity contribution in [3.63, 3.8) is 0 Å². The van der Waals surface area contributed by atoms with Crippen LogP contribution in [0.1, 0.15) is 0 Å². The maximum absolute atomic E-state index is 12.2. The molecular weight excluding hydrogens is 302 g/mol. The molecule has 2 N–H and O–H groups in total. The molecule has 2 aromatic carbocycles. The SMILES string of the molecule is COc1ccc(Cl)c(NS(=O)(=O)c2ccc(O)cc2)c1. The highest BCUT2D eigenvalue weighted by Gasteiger charge is 2.16. The fourth-order valence-corrected chi connectivity index (χ4v) is 2.83. The highest BCUT2D eigenvalue weighted by Crippen LogP contribution is 2.29. The van der Waals surface area contributed by atoms with E-state index in [2.05, 4.69) is 4.72 Å². The van der Waals surface area contributed by atoms with Gasteiger partial charge in [-0.2, -0.15) is 0 Å². The fourth-order valence-electron chi connectivity index (χ4n) is 1.54. The number of nitrogens with one attached hydrogen (secondary N) is 1. The third-order valence-electron chi connectivity index (χ3n) is 2.56. The van der Waals surface area contributed by atoms with Crippen LogP contribution in [0.5, 0.6) is 11.5 Å². The van der Waals surface area contributed by atoms with Gasteiger partial charge in [-0.15, -0.1) is 0 Å². The van der Waals surface area contributed by atoms with Crippen molar-refractivity contribution >= 4 is 27.3 Å². The molecule has 2 aromatic rings. The van der Waals surface area contributed by atoms with E-state index in [9.17, 15) is 13.5 Å². The second-order valence-electron chi connectivity index (χ2n) is 3.95. The summed E-state index contributed by atoms with van der Waals surface area (Å²) in [6, 6.07) is 9.83. The summed E-state index contributed by atoms with van der Waals surface area (Å²) in [4.78, 5) is 0.0224. The predicted octanol–water partition coefficient (Wildman–Crippen LogP) is 2.86. The molecule has 2 rings (SSSR count). The van der Waals surface area contributed by atoms with Gasteiger partial charge >= 0.3 is 0 Å². The average Bonchev–Trinajstić information content (AvgIpc) is 2.41. The molecule has 0 aliphatic heterocycles. The lowest BCUT2D eigenvalue weighted by atomic mass is 10.3. The lowest BCUT2D eigenvalue weighted by molar-refractivity contribution is 0.415. The third kappa shape index (κ3) is 3.15. The number of sulfonamides is 1. The normalized spacial score (nSPS) is 11.1. The first-order chi connectivity index (χ1) is 9.42. The zero-order valence-corrected chi connectivity index (χ0v) is 12.1. The lowest BCUT2D eigenvalue weighted by Crippen LogP contribution is -2.13. The Labute approximate surface area is 121 Å². The number of hydrogen-bond acceptors (Lipinski definition) is 4. The Balaban J connectivity index is 2.35. The van der Waals surface area contributed by atoms with E-state index < -0.39 is 10.0 Å². The minimum absolute atomic E-state index is 0.0108. The second-order valence-corrected chi connectivity index (χ2v) is 6.03. The number of ether oxygens (including phenoxy) is 1. The number of aromatic hydroxyl groups is 1. The highest BCUT2D eigenvalue weighted by molar-refractivity contribution is 7.92. The summed E-state index contributed by atoms with van der Waals surface area (Å²) in [6.07, 6.45) is 0. The smallest absolute Gasteiger partial charge is 0.261 e. The molecular formula is C13H12ClNO4S. The summed E-state index contributed by atoms with van der Waals surface area (Å²) >= 11 is 5.95. The topological polar surface area (TPSA) is 75.6 Å². The van der Waals surface area contributed by atoms with Crippen LogP contribution < -0.4 is 9.46 Å². The molecule has 0 saturated heterocycles. The predicted molar refractivity (Wildman–Crippen MR) is 76.9 cm³/mol. The molecule has 0 bridgehead atoms. The maximum atomic E-state index is 12.2. The van der Waals surface area contributed by atoms with E-state index in [1.807, 2.05) is 0 Å². The molecule has 0 amide bonds. The Bertz CT molecular complexity index is 714. The second kappa shape index (κ2) is 5.60. The monoisotopic (exact) mass is 313 g/mol.